The van der Waals surface area contributed by atoms with Crippen molar-refractivity contribution in [2.24, 2.45) is 5.41 Å². The van der Waals surface area contributed by atoms with Crippen LogP contribution in [0.1, 0.15) is 38.1 Å². The van der Waals surface area contributed by atoms with Crippen molar-refractivity contribution in [3.05, 3.63) is 29.8 Å². The van der Waals surface area contributed by atoms with Crippen LogP contribution in [0.3, 0.4) is 0 Å². The van der Waals surface area contributed by atoms with Gasteiger partial charge in [-0.05, 0) is 12.1 Å². The molecule has 1 rings (SSSR count). The van der Waals surface area contributed by atoms with E-state index < -0.39 is 11.4 Å². The Labute approximate surface area is 136 Å². The summed E-state index contributed by atoms with van der Waals surface area (Å²) in [5.74, 6) is -0.820. The van der Waals surface area contributed by atoms with E-state index in [9.17, 15) is 14.4 Å². The first-order valence-electron chi connectivity index (χ1n) is 7.42. The Morgan fingerprint density at radius 2 is 1.78 bits per heavy atom. The van der Waals surface area contributed by atoms with Gasteiger partial charge in [-0.25, -0.2) is 4.79 Å². The lowest BCUT2D eigenvalue weighted by Gasteiger charge is -2.24. The normalized spacial score (nSPS) is 10.8. The molecule has 0 aromatic heterocycles. The SMILES string of the molecule is COC(=O)c1ccccc1N(CCNC(=O)C(C)(C)C)C(C)=O. The molecule has 0 aliphatic heterocycles. The van der Waals surface area contributed by atoms with Gasteiger partial charge in [0.15, 0.2) is 0 Å². The lowest BCUT2D eigenvalue weighted by molar-refractivity contribution is -0.128. The summed E-state index contributed by atoms with van der Waals surface area (Å²) in [7, 11) is 1.29. The lowest BCUT2D eigenvalue weighted by Crippen LogP contribution is -2.41. The summed E-state index contributed by atoms with van der Waals surface area (Å²) in [6.45, 7) is 7.43. The van der Waals surface area contributed by atoms with Crippen molar-refractivity contribution in [1.82, 2.24) is 5.32 Å². The van der Waals surface area contributed by atoms with Crippen molar-refractivity contribution in [2.45, 2.75) is 27.7 Å². The van der Waals surface area contributed by atoms with Crippen LogP contribution < -0.4 is 10.2 Å². The number of nitrogens with one attached hydrogen (secondary N) is 1. The molecule has 1 aromatic carbocycles. The van der Waals surface area contributed by atoms with Crippen LogP contribution in [0.25, 0.3) is 0 Å². The second-order valence-corrected chi connectivity index (χ2v) is 6.19. The highest BCUT2D eigenvalue weighted by molar-refractivity contribution is 6.01. The molecule has 0 radical (unpaired) electrons. The van der Waals surface area contributed by atoms with Crippen LogP contribution in [0.4, 0.5) is 5.69 Å². The number of carbonyl (C=O) groups excluding carboxylic acids is 3. The first-order chi connectivity index (χ1) is 10.7. The van der Waals surface area contributed by atoms with Gasteiger partial charge < -0.3 is 15.0 Å². The van der Waals surface area contributed by atoms with Gasteiger partial charge in [0.1, 0.15) is 0 Å². The first kappa shape index (κ1) is 18.7. The molecule has 0 saturated heterocycles. The van der Waals surface area contributed by atoms with Gasteiger partial charge in [0.25, 0.3) is 0 Å². The van der Waals surface area contributed by atoms with E-state index in [-0.39, 0.29) is 18.4 Å². The molecule has 2 amide bonds. The van der Waals surface area contributed by atoms with Crippen molar-refractivity contribution in [1.29, 1.82) is 0 Å². The van der Waals surface area contributed by atoms with E-state index in [1.165, 1.54) is 18.9 Å². The van der Waals surface area contributed by atoms with Crippen LogP contribution in [0.5, 0.6) is 0 Å². The van der Waals surface area contributed by atoms with Gasteiger partial charge >= 0.3 is 5.97 Å². The molecule has 1 N–H and O–H groups in total. The molecule has 0 atom stereocenters. The Morgan fingerprint density at radius 1 is 1.17 bits per heavy atom. The van der Waals surface area contributed by atoms with E-state index in [0.29, 0.717) is 17.8 Å². The fraction of sp³-hybridized carbons (Fsp3) is 0.471. The van der Waals surface area contributed by atoms with E-state index in [4.69, 9.17) is 4.74 Å². The van der Waals surface area contributed by atoms with Crippen LogP contribution in [0, 0.1) is 5.41 Å². The monoisotopic (exact) mass is 320 g/mol. The summed E-state index contributed by atoms with van der Waals surface area (Å²) < 4.78 is 4.75. The van der Waals surface area contributed by atoms with Gasteiger partial charge in [0, 0.05) is 25.4 Å². The standard InChI is InChI=1S/C17H24N2O4/c1-12(20)19(11-10-18-16(22)17(2,3)4)14-9-7-6-8-13(14)15(21)23-5/h6-9H,10-11H2,1-5H3,(H,18,22). The quantitative estimate of drug-likeness (QED) is 0.842. The van der Waals surface area contributed by atoms with Crippen molar-refractivity contribution in [3.63, 3.8) is 0 Å². The summed E-state index contributed by atoms with van der Waals surface area (Å²) >= 11 is 0. The Balaban J connectivity index is 2.91. The summed E-state index contributed by atoms with van der Waals surface area (Å²) in [6.07, 6.45) is 0. The molecule has 0 heterocycles. The zero-order chi connectivity index (χ0) is 17.6. The Hall–Kier alpha value is -2.37. The fourth-order valence-electron chi connectivity index (χ4n) is 1.99. The predicted molar refractivity (Wildman–Crippen MR) is 88.3 cm³/mol. The third-order valence-electron chi connectivity index (χ3n) is 3.28. The highest BCUT2D eigenvalue weighted by Crippen LogP contribution is 2.21. The maximum absolute atomic E-state index is 11.9. The molecule has 0 saturated carbocycles. The number of hydrogen-bond donors (Lipinski definition) is 1. The molecule has 0 aliphatic rings. The molecular formula is C17H24N2O4. The minimum absolute atomic E-state index is 0.0951. The van der Waals surface area contributed by atoms with Crippen LogP contribution in [0.15, 0.2) is 24.3 Å². The number of amides is 2. The molecule has 1 aromatic rings. The third kappa shape index (κ3) is 5.09. The molecule has 126 valence electrons. The number of nitrogens with zero attached hydrogens (tertiary/aromatic N) is 1. The van der Waals surface area contributed by atoms with E-state index in [0.717, 1.165) is 0 Å². The summed E-state index contributed by atoms with van der Waals surface area (Å²) in [5, 5.41) is 2.79. The van der Waals surface area contributed by atoms with Crippen molar-refractivity contribution >= 4 is 23.5 Å². The number of esters is 1. The van der Waals surface area contributed by atoms with Gasteiger partial charge in [-0.15, -0.1) is 0 Å². The Morgan fingerprint density at radius 3 is 2.30 bits per heavy atom. The van der Waals surface area contributed by atoms with Crippen molar-refractivity contribution < 1.29 is 19.1 Å². The van der Waals surface area contributed by atoms with Gasteiger partial charge in [-0.3, -0.25) is 9.59 Å². The molecule has 0 spiro atoms. The van der Waals surface area contributed by atoms with Gasteiger partial charge in [0.05, 0.1) is 18.4 Å². The Kier molecular flexibility index (Phi) is 6.30. The maximum Gasteiger partial charge on any atom is 0.339 e. The fourth-order valence-corrected chi connectivity index (χ4v) is 1.99. The van der Waals surface area contributed by atoms with Crippen molar-refractivity contribution in [3.8, 4) is 0 Å². The summed E-state index contributed by atoms with van der Waals surface area (Å²) in [5.41, 5.74) is 0.287. The zero-order valence-corrected chi connectivity index (χ0v) is 14.3. The van der Waals surface area contributed by atoms with Crippen LogP contribution in [-0.2, 0) is 14.3 Å². The predicted octanol–water partition coefficient (Wildman–Crippen LogP) is 1.99. The number of rotatable bonds is 5. The highest BCUT2D eigenvalue weighted by Gasteiger charge is 2.22. The minimum Gasteiger partial charge on any atom is -0.465 e. The molecule has 0 unspecified atom stereocenters. The van der Waals surface area contributed by atoms with E-state index in [2.05, 4.69) is 5.32 Å². The average molecular weight is 320 g/mol. The van der Waals surface area contributed by atoms with Crippen molar-refractivity contribution in [2.75, 3.05) is 25.1 Å². The van der Waals surface area contributed by atoms with Gasteiger partial charge in [-0.1, -0.05) is 32.9 Å². The lowest BCUT2D eigenvalue weighted by atomic mass is 9.96. The molecule has 0 bridgehead atoms. The highest BCUT2D eigenvalue weighted by atomic mass is 16.5. The second-order valence-electron chi connectivity index (χ2n) is 6.19. The number of ether oxygens (including phenoxy) is 1. The van der Waals surface area contributed by atoms with Crippen LogP contribution >= 0.6 is 0 Å². The van der Waals surface area contributed by atoms with Crippen LogP contribution in [0.2, 0.25) is 0 Å². The largest absolute Gasteiger partial charge is 0.465 e. The molecule has 0 aliphatic carbocycles. The molecule has 23 heavy (non-hydrogen) atoms. The molecular weight excluding hydrogens is 296 g/mol. The number of methoxy groups -OCH3 is 1. The number of benzene rings is 1. The van der Waals surface area contributed by atoms with E-state index in [1.54, 1.807) is 24.3 Å². The number of carbonyl (C=O) groups is 3. The minimum atomic E-state index is -0.509. The summed E-state index contributed by atoms with van der Waals surface area (Å²) in [4.78, 5) is 37.1. The van der Waals surface area contributed by atoms with Gasteiger partial charge in [-0.2, -0.15) is 0 Å². The second kappa shape index (κ2) is 7.76. The third-order valence-corrected chi connectivity index (χ3v) is 3.28. The van der Waals surface area contributed by atoms with E-state index >= 15 is 0 Å². The smallest absolute Gasteiger partial charge is 0.339 e. The first-order valence-corrected chi connectivity index (χ1v) is 7.42. The zero-order valence-electron chi connectivity index (χ0n) is 14.3. The average Bonchev–Trinajstić information content (AvgIpc) is 2.49. The van der Waals surface area contributed by atoms with Gasteiger partial charge in [0.2, 0.25) is 11.8 Å². The molecule has 6 nitrogen and oxygen atoms in total. The number of hydrogen-bond acceptors (Lipinski definition) is 4. The molecule has 6 heteroatoms. The summed E-state index contributed by atoms with van der Waals surface area (Å²) in [6, 6.07) is 6.73. The number of para-hydroxylation sites is 1. The number of anilines is 1. The molecule has 0 fully saturated rings. The van der Waals surface area contributed by atoms with Crippen LogP contribution in [-0.4, -0.2) is 38.0 Å². The van der Waals surface area contributed by atoms with E-state index in [1.807, 2.05) is 20.8 Å². The maximum atomic E-state index is 11.9. The Bertz CT molecular complexity index is 591. The topological polar surface area (TPSA) is 75.7 Å².